The van der Waals surface area contributed by atoms with E-state index in [4.69, 9.17) is 0 Å². The molecule has 15 heavy (non-hydrogen) atoms. The Balaban J connectivity index is 2.66. The molecule has 0 radical (unpaired) electrons. The van der Waals surface area contributed by atoms with Crippen LogP contribution in [0.1, 0.15) is 46.5 Å². The Morgan fingerprint density at radius 3 is 2.47 bits per heavy atom. The molecule has 0 aliphatic heterocycles. The molecule has 1 rings (SSSR count). The lowest BCUT2D eigenvalue weighted by molar-refractivity contribution is -0.0910. The van der Waals surface area contributed by atoms with Gasteiger partial charge >= 0.3 is 0 Å². The zero-order valence-corrected chi connectivity index (χ0v) is 10.2. The van der Waals surface area contributed by atoms with Crippen LogP contribution < -0.4 is 0 Å². The summed E-state index contributed by atoms with van der Waals surface area (Å²) in [6, 6.07) is 0. The molecule has 1 fully saturated rings. The highest BCUT2D eigenvalue weighted by Gasteiger charge is 2.42. The van der Waals surface area contributed by atoms with Gasteiger partial charge in [0.1, 0.15) is 0 Å². The molecule has 0 unspecified atom stereocenters. The van der Waals surface area contributed by atoms with Gasteiger partial charge < -0.3 is 10.2 Å². The van der Waals surface area contributed by atoms with Crippen LogP contribution in [0.25, 0.3) is 0 Å². The molecule has 0 aromatic heterocycles. The lowest BCUT2D eigenvalue weighted by Crippen LogP contribution is -2.45. The molecule has 0 heterocycles. The second-order valence-corrected chi connectivity index (χ2v) is 6.00. The first kappa shape index (κ1) is 12.7. The second kappa shape index (κ2) is 4.26. The summed E-state index contributed by atoms with van der Waals surface area (Å²) >= 11 is 0. The van der Waals surface area contributed by atoms with Crippen molar-refractivity contribution in [1.82, 2.24) is 0 Å². The average Bonchev–Trinajstić information content (AvgIpc) is 2.00. The number of rotatable bonds is 2. The van der Waals surface area contributed by atoms with Gasteiger partial charge in [0.05, 0.1) is 11.7 Å². The van der Waals surface area contributed by atoms with Crippen molar-refractivity contribution in [3.63, 3.8) is 0 Å². The molecule has 2 N–H and O–H groups in total. The van der Waals surface area contributed by atoms with Crippen LogP contribution in [-0.2, 0) is 0 Å². The third kappa shape index (κ3) is 3.05. The third-order valence-electron chi connectivity index (χ3n) is 3.61. The predicted molar refractivity (Wildman–Crippen MR) is 62.6 cm³/mol. The molecule has 0 aromatic rings. The van der Waals surface area contributed by atoms with Gasteiger partial charge in [-0.2, -0.15) is 0 Å². The average molecular weight is 212 g/mol. The molecule has 1 saturated carbocycles. The van der Waals surface area contributed by atoms with Crippen molar-refractivity contribution in [3.05, 3.63) is 12.7 Å². The van der Waals surface area contributed by atoms with Gasteiger partial charge in [-0.25, -0.2) is 0 Å². The lowest BCUT2D eigenvalue weighted by atomic mass is 9.66. The summed E-state index contributed by atoms with van der Waals surface area (Å²) in [6.45, 7) is 10.1. The molecular weight excluding hydrogens is 188 g/mol. The second-order valence-electron chi connectivity index (χ2n) is 6.00. The Morgan fingerprint density at radius 1 is 1.47 bits per heavy atom. The third-order valence-corrected chi connectivity index (χ3v) is 3.61. The van der Waals surface area contributed by atoms with E-state index in [0.717, 1.165) is 12.8 Å². The highest BCUT2D eigenvalue weighted by Crippen LogP contribution is 2.42. The molecule has 88 valence electrons. The molecule has 1 aliphatic rings. The summed E-state index contributed by atoms with van der Waals surface area (Å²) in [4.78, 5) is 0. The predicted octanol–water partition coefficient (Wildman–Crippen LogP) is 2.50. The Labute approximate surface area is 93.0 Å². The largest absolute Gasteiger partial charge is 0.393 e. The van der Waals surface area contributed by atoms with Crippen LogP contribution in [0.5, 0.6) is 0 Å². The number of hydrogen-bond donors (Lipinski definition) is 2. The van der Waals surface area contributed by atoms with Crippen molar-refractivity contribution < 1.29 is 10.2 Å². The molecule has 0 amide bonds. The molecular formula is C13H24O2. The first-order valence-corrected chi connectivity index (χ1v) is 5.80. The van der Waals surface area contributed by atoms with Gasteiger partial charge in [-0.15, -0.1) is 6.58 Å². The first-order valence-electron chi connectivity index (χ1n) is 5.80. The van der Waals surface area contributed by atoms with Gasteiger partial charge in [-0.3, -0.25) is 0 Å². The van der Waals surface area contributed by atoms with Crippen molar-refractivity contribution in [2.45, 2.75) is 58.2 Å². The molecule has 0 bridgehead atoms. The minimum absolute atomic E-state index is 0.120. The smallest absolute Gasteiger partial charge is 0.0706 e. The molecule has 3 atom stereocenters. The topological polar surface area (TPSA) is 40.5 Å². The summed E-state index contributed by atoms with van der Waals surface area (Å²) in [5, 5.41) is 20.3. The maximum absolute atomic E-state index is 10.2. The van der Waals surface area contributed by atoms with Crippen molar-refractivity contribution in [3.8, 4) is 0 Å². The van der Waals surface area contributed by atoms with Gasteiger partial charge in [0.2, 0.25) is 0 Å². The first-order chi connectivity index (χ1) is 6.78. The van der Waals surface area contributed by atoms with Gasteiger partial charge in [0, 0.05) is 6.42 Å². The van der Waals surface area contributed by atoms with Crippen molar-refractivity contribution in [2.75, 3.05) is 0 Å². The minimum atomic E-state index is -0.719. The van der Waals surface area contributed by atoms with Crippen molar-refractivity contribution in [1.29, 1.82) is 0 Å². The fraction of sp³-hybridized carbons (Fsp3) is 0.846. The molecule has 2 heteroatoms. The van der Waals surface area contributed by atoms with E-state index in [9.17, 15) is 10.2 Å². The maximum Gasteiger partial charge on any atom is 0.0706 e. The van der Waals surface area contributed by atoms with E-state index < -0.39 is 5.60 Å². The Morgan fingerprint density at radius 2 is 2.07 bits per heavy atom. The normalized spacial score (nSPS) is 37.7. The monoisotopic (exact) mass is 212 g/mol. The highest BCUT2D eigenvalue weighted by molar-refractivity contribution is 4.97. The molecule has 1 aliphatic carbocycles. The Hall–Kier alpha value is -0.340. The standard InChI is InChI=1S/C13H24O2/c1-5-7-13(15)8-6-10(11(14)9-13)12(2,3)4/h5,10-11,14-15H,1,6-9H2,2-4H3/t10-,11+,13+/m0/s1. The van der Waals surface area contributed by atoms with E-state index in [-0.39, 0.29) is 11.5 Å². The van der Waals surface area contributed by atoms with Crippen molar-refractivity contribution >= 4 is 0 Å². The van der Waals surface area contributed by atoms with Crippen LogP contribution in [0, 0.1) is 11.3 Å². The zero-order chi connectivity index (χ0) is 11.7. The van der Waals surface area contributed by atoms with E-state index in [1.165, 1.54) is 0 Å². The lowest BCUT2D eigenvalue weighted by Gasteiger charge is -2.44. The molecule has 2 nitrogen and oxygen atoms in total. The number of aliphatic hydroxyl groups is 2. The zero-order valence-electron chi connectivity index (χ0n) is 10.2. The Bertz CT molecular complexity index is 229. The fourth-order valence-corrected chi connectivity index (χ4v) is 2.71. The van der Waals surface area contributed by atoms with E-state index in [1.807, 2.05) is 0 Å². The van der Waals surface area contributed by atoms with Crippen LogP contribution in [0.3, 0.4) is 0 Å². The van der Waals surface area contributed by atoms with E-state index in [0.29, 0.717) is 18.8 Å². The minimum Gasteiger partial charge on any atom is -0.393 e. The van der Waals surface area contributed by atoms with Crippen LogP contribution in [-0.4, -0.2) is 21.9 Å². The SMILES string of the molecule is C=CC[C@@]1(O)CC[C@H](C(C)(C)C)[C@H](O)C1. The molecule has 0 aromatic carbocycles. The van der Waals surface area contributed by atoms with E-state index in [1.54, 1.807) is 6.08 Å². The van der Waals surface area contributed by atoms with Gasteiger partial charge in [0.15, 0.2) is 0 Å². The number of aliphatic hydroxyl groups excluding tert-OH is 1. The summed E-state index contributed by atoms with van der Waals surface area (Å²) in [7, 11) is 0. The summed E-state index contributed by atoms with van der Waals surface area (Å²) in [5.74, 6) is 0.294. The summed E-state index contributed by atoms with van der Waals surface area (Å²) in [5.41, 5.74) is -0.599. The number of hydrogen-bond acceptors (Lipinski definition) is 2. The highest BCUT2D eigenvalue weighted by atomic mass is 16.3. The maximum atomic E-state index is 10.2. The van der Waals surface area contributed by atoms with Gasteiger partial charge in [-0.05, 0) is 30.6 Å². The van der Waals surface area contributed by atoms with Crippen molar-refractivity contribution in [2.24, 2.45) is 11.3 Å². The van der Waals surface area contributed by atoms with Gasteiger partial charge in [0.25, 0.3) is 0 Å². The quantitative estimate of drug-likeness (QED) is 0.690. The summed E-state index contributed by atoms with van der Waals surface area (Å²) in [6.07, 6.45) is 4.10. The molecule has 0 spiro atoms. The van der Waals surface area contributed by atoms with E-state index in [2.05, 4.69) is 27.4 Å². The molecule has 0 saturated heterocycles. The van der Waals surface area contributed by atoms with Crippen LogP contribution >= 0.6 is 0 Å². The van der Waals surface area contributed by atoms with E-state index >= 15 is 0 Å². The van der Waals surface area contributed by atoms with Crippen LogP contribution in [0.4, 0.5) is 0 Å². The fourth-order valence-electron chi connectivity index (χ4n) is 2.71. The van der Waals surface area contributed by atoms with Crippen LogP contribution in [0.15, 0.2) is 12.7 Å². The van der Waals surface area contributed by atoms with Crippen LogP contribution in [0.2, 0.25) is 0 Å². The van der Waals surface area contributed by atoms with Gasteiger partial charge in [-0.1, -0.05) is 26.8 Å². The Kier molecular flexibility index (Phi) is 3.62. The summed E-state index contributed by atoms with van der Waals surface area (Å²) < 4.78 is 0.